The Morgan fingerprint density at radius 1 is 1.15 bits per heavy atom. The van der Waals surface area contributed by atoms with Crippen LogP contribution in [0.3, 0.4) is 0 Å². The Morgan fingerprint density at radius 3 is 2.52 bits per heavy atom. The van der Waals surface area contributed by atoms with Crippen LogP contribution < -0.4 is 15.6 Å². The molecule has 0 bridgehead atoms. The van der Waals surface area contributed by atoms with E-state index < -0.39 is 33.3 Å². The number of alkyl halides is 1. The molecule has 180 valence electrons. The number of hydrogen-bond acceptors (Lipinski definition) is 6. The zero-order valence-electron chi connectivity index (χ0n) is 19.0. The SMILES string of the molecule is CC(C)(C)OC(=O)N1CCNC(Cl)C1c1ccccc1CNNS(=O)(=O)Cc1ccccc1. The van der Waals surface area contributed by atoms with Gasteiger partial charge in [0.25, 0.3) is 0 Å². The molecule has 0 spiro atoms. The first kappa shape index (κ1) is 25.5. The minimum absolute atomic E-state index is 0.134. The van der Waals surface area contributed by atoms with Crippen LogP contribution in [0.5, 0.6) is 0 Å². The number of rotatable bonds is 7. The standard InChI is InChI=1S/C23H31ClN4O4S/c1-23(2,3)32-22(29)28-14-13-25-21(24)20(28)19-12-8-7-11-18(19)15-26-27-33(30,31)16-17-9-5-4-6-10-17/h4-12,20-21,25-27H,13-16H2,1-3H3. The first-order chi connectivity index (χ1) is 15.6. The minimum atomic E-state index is -3.58. The third-order valence-corrected chi connectivity index (χ3v) is 6.57. The molecule has 2 aromatic carbocycles. The van der Waals surface area contributed by atoms with Crippen LogP contribution in [0.15, 0.2) is 54.6 Å². The van der Waals surface area contributed by atoms with Gasteiger partial charge in [0.15, 0.2) is 0 Å². The van der Waals surface area contributed by atoms with E-state index in [0.29, 0.717) is 18.7 Å². The summed E-state index contributed by atoms with van der Waals surface area (Å²) in [6.07, 6.45) is -0.439. The maximum Gasteiger partial charge on any atom is 0.410 e. The molecule has 1 aliphatic heterocycles. The van der Waals surface area contributed by atoms with Crippen molar-refractivity contribution < 1.29 is 17.9 Å². The Morgan fingerprint density at radius 2 is 1.82 bits per heavy atom. The minimum Gasteiger partial charge on any atom is -0.444 e. The molecule has 1 fully saturated rings. The van der Waals surface area contributed by atoms with Crippen molar-refractivity contribution >= 4 is 27.7 Å². The van der Waals surface area contributed by atoms with Gasteiger partial charge in [0.05, 0.1) is 11.8 Å². The Balaban J connectivity index is 1.73. The number of carbonyl (C=O) groups is 1. The molecular formula is C23H31ClN4O4S. The molecule has 3 N–H and O–H groups in total. The molecule has 2 unspecified atom stereocenters. The highest BCUT2D eigenvalue weighted by Gasteiger charge is 2.37. The second-order valence-electron chi connectivity index (χ2n) is 8.87. The Hall–Kier alpha value is -2.17. The molecule has 1 amide bonds. The molecule has 10 heteroatoms. The summed E-state index contributed by atoms with van der Waals surface area (Å²) in [6, 6.07) is 16.0. The van der Waals surface area contributed by atoms with Gasteiger partial charge in [0.2, 0.25) is 10.0 Å². The van der Waals surface area contributed by atoms with Gasteiger partial charge in [-0.1, -0.05) is 54.6 Å². The van der Waals surface area contributed by atoms with Crippen molar-refractivity contribution in [1.29, 1.82) is 0 Å². The summed E-state index contributed by atoms with van der Waals surface area (Å²) in [6.45, 7) is 6.66. The number of halogens is 1. The molecule has 0 saturated carbocycles. The molecular weight excluding hydrogens is 464 g/mol. The average Bonchev–Trinajstić information content (AvgIpc) is 2.73. The van der Waals surface area contributed by atoms with Crippen molar-refractivity contribution in [3.8, 4) is 0 Å². The van der Waals surface area contributed by atoms with Crippen molar-refractivity contribution in [2.75, 3.05) is 13.1 Å². The molecule has 8 nitrogen and oxygen atoms in total. The third-order valence-electron chi connectivity index (χ3n) is 5.01. The molecule has 3 rings (SSSR count). The van der Waals surface area contributed by atoms with Crippen molar-refractivity contribution in [2.24, 2.45) is 0 Å². The van der Waals surface area contributed by atoms with E-state index in [-0.39, 0.29) is 12.3 Å². The van der Waals surface area contributed by atoms with Crippen LogP contribution in [0.1, 0.15) is 43.5 Å². The van der Waals surface area contributed by atoms with Crippen LogP contribution in [0, 0.1) is 0 Å². The van der Waals surface area contributed by atoms with Gasteiger partial charge in [-0.05, 0) is 37.5 Å². The number of sulfonamides is 1. The Labute approximate surface area is 200 Å². The van der Waals surface area contributed by atoms with E-state index in [9.17, 15) is 13.2 Å². The summed E-state index contributed by atoms with van der Waals surface area (Å²) in [5.41, 5.74) is 3.96. The van der Waals surface area contributed by atoms with Gasteiger partial charge in [-0.2, -0.15) is 4.83 Å². The number of benzene rings is 2. The number of piperazine rings is 1. The lowest BCUT2D eigenvalue weighted by Gasteiger charge is -2.40. The van der Waals surface area contributed by atoms with E-state index in [2.05, 4.69) is 15.6 Å². The van der Waals surface area contributed by atoms with Gasteiger partial charge < -0.3 is 4.74 Å². The molecule has 33 heavy (non-hydrogen) atoms. The summed E-state index contributed by atoms with van der Waals surface area (Å²) in [7, 11) is -3.58. The zero-order valence-corrected chi connectivity index (χ0v) is 20.6. The van der Waals surface area contributed by atoms with Gasteiger partial charge in [-0.3, -0.25) is 10.2 Å². The normalized spacial score (nSPS) is 19.3. The summed E-state index contributed by atoms with van der Waals surface area (Å²) in [4.78, 5) is 16.9. The molecule has 0 radical (unpaired) electrons. The maximum atomic E-state index is 12.9. The average molecular weight is 495 g/mol. The van der Waals surface area contributed by atoms with Gasteiger partial charge >= 0.3 is 6.09 Å². The van der Waals surface area contributed by atoms with Gasteiger partial charge in [-0.15, -0.1) is 11.6 Å². The molecule has 0 aliphatic carbocycles. The van der Waals surface area contributed by atoms with Gasteiger partial charge in [-0.25, -0.2) is 18.6 Å². The maximum absolute atomic E-state index is 12.9. The topological polar surface area (TPSA) is 99.8 Å². The largest absolute Gasteiger partial charge is 0.444 e. The molecule has 0 aromatic heterocycles. The Bertz CT molecular complexity index is 1040. The Kier molecular flexibility index (Phi) is 8.36. The summed E-state index contributed by atoms with van der Waals surface area (Å²) >= 11 is 6.60. The van der Waals surface area contributed by atoms with E-state index in [1.807, 2.05) is 51.1 Å². The highest BCUT2D eigenvalue weighted by Crippen LogP contribution is 2.32. The molecule has 1 heterocycles. The van der Waals surface area contributed by atoms with Crippen LogP contribution >= 0.6 is 11.6 Å². The summed E-state index contributed by atoms with van der Waals surface area (Å²) < 4.78 is 30.5. The van der Waals surface area contributed by atoms with Crippen molar-refractivity contribution in [3.05, 3.63) is 71.3 Å². The monoisotopic (exact) mass is 494 g/mol. The number of nitrogens with zero attached hydrogens (tertiary/aromatic N) is 1. The van der Waals surface area contributed by atoms with E-state index in [1.54, 1.807) is 29.2 Å². The lowest BCUT2D eigenvalue weighted by Crippen LogP contribution is -2.53. The lowest BCUT2D eigenvalue weighted by atomic mass is 9.97. The lowest BCUT2D eigenvalue weighted by molar-refractivity contribution is 0.00962. The predicted octanol–water partition coefficient (Wildman–Crippen LogP) is 3.26. The number of amides is 1. The molecule has 1 saturated heterocycles. The van der Waals surface area contributed by atoms with E-state index in [4.69, 9.17) is 16.3 Å². The number of carbonyl (C=O) groups excluding carboxylic acids is 1. The van der Waals surface area contributed by atoms with Crippen LogP contribution in [0.25, 0.3) is 0 Å². The van der Waals surface area contributed by atoms with E-state index in [0.717, 1.165) is 11.1 Å². The fourth-order valence-electron chi connectivity index (χ4n) is 3.64. The van der Waals surface area contributed by atoms with Crippen LogP contribution in [-0.2, 0) is 27.1 Å². The van der Waals surface area contributed by atoms with Crippen molar-refractivity contribution in [1.82, 2.24) is 20.5 Å². The van der Waals surface area contributed by atoms with E-state index in [1.165, 1.54) is 0 Å². The zero-order chi connectivity index (χ0) is 24.1. The quantitative estimate of drug-likeness (QED) is 0.310. The third kappa shape index (κ3) is 7.41. The second-order valence-corrected chi connectivity index (χ2v) is 11.1. The highest BCUT2D eigenvalue weighted by atomic mass is 35.5. The first-order valence-electron chi connectivity index (χ1n) is 10.8. The predicted molar refractivity (Wildman–Crippen MR) is 129 cm³/mol. The fourth-order valence-corrected chi connectivity index (χ4v) is 5.01. The number of hydrazine groups is 1. The molecule has 2 atom stereocenters. The van der Waals surface area contributed by atoms with Crippen LogP contribution in [0.4, 0.5) is 4.79 Å². The molecule has 1 aliphatic rings. The molecule has 2 aromatic rings. The van der Waals surface area contributed by atoms with E-state index >= 15 is 0 Å². The van der Waals surface area contributed by atoms with Gasteiger partial charge in [0, 0.05) is 19.6 Å². The highest BCUT2D eigenvalue weighted by molar-refractivity contribution is 7.88. The fraction of sp³-hybridized carbons (Fsp3) is 0.435. The summed E-state index contributed by atoms with van der Waals surface area (Å²) in [5, 5.41) is 3.20. The van der Waals surface area contributed by atoms with Crippen LogP contribution in [-0.4, -0.2) is 43.6 Å². The summed E-state index contributed by atoms with van der Waals surface area (Å²) in [5.74, 6) is -0.134. The smallest absolute Gasteiger partial charge is 0.410 e. The number of ether oxygens (including phenoxy) is 1. The number of hydrogen-bond donors (Lipinski definition) is 3. The van der Waals surface area contributed by atoms with Gasteiger partial charge in [0.1, 0.15) is 11.1 Å². The number of nitrogens with one attached hydrogen (secondary N) is 3. The van der Waals surface area contributed by atoms with Crippen LogP contribution in [0.2, 0.25) is 0 Å². The second kappa shape index (κ2) is 10.8. The first-order valence-corrected chi connectivity index (χ1v) is 12.9. The van der Waals surface area contributed by atoms with Crippen molar-refractivity contribution in [3.63, 3.8) is 0 Å². The van der Waals surface area contributed by atoms with Crippen molar-refractivity contribution in [2.45, 2.75) is 50.2 Å².